The summed E-state index contributed by atoms with van der Waals surface area (Å²) in [5.41, 5.74) is 1.52. The number of piperidine rings is 1. The maximum absolute atomic E-state index is 12.6. The number of carbonyl (C=O) groups is 2. The Hall–Kier alpha value is -2.57. The molecule has 0 radical (unpaired) electrons. The third-order valence-corrected chi connectivity index (χ3v) is 6.23. The van der Waals surface area contributed by atoms with E-state index in [9.17, 15) is 14.7 Å². The van der Waals surface area contributed by atoms with Gasteiger partial charge in [0.15, 0.2) is 0 Å². The highest BCUT2D eigenvalue weighted by Crippen LogP contribution is 2.28. The first-order chi connectivity index (χ1) is 14.8. The molecule has 6 nitrogen and oxygen atoms in total. The van der Waals surface area contributed by atoms with Gasteiger partial charge in [0.05, 0.1) is 11.7 Å². The molecule has 0 saturated carbocycles. The van der Waals surface area contributed by atoms with E-state index in [0.29, 0.717) is 43.2 Å². The summed E-state index contributed by atoms with van der Waals surface area (Å²) < 4.78 is 0. The van der Waals surface area contributed by atoms with Crippen molar-refractivity contribution in [1.29, 1.82) is 0 Å². The normalized spacial score (nSPS) is 17.0. The Balaban J connectivity index is 1.45. The molecule has 2 aromatic carbocycles. The number of aromatic hydroxyl groups is 1. The molecule has 1 aliphatic heterocycles. The molecule has 31 heavy (non-hydrogen) atoms. The fraction of sp³-hybridized carbons (Fsp3) is 0.417. The maximum atomic E-state index is 12.6. The van der Waals surface area contributed by atoms with E-state index in [0.717, 1.165) is 0 Å². The second-order valence-electron chi connectivity index (χ2n) is 8.19. The van der Waals surface area contributed by atoms with E-state index >= 15 is 0 Å². The largest absolute Gasteiger partial charge is 0.506 e. The van der Waals surface area contributed by atoms with Gasteiger partial charge in [-0.1, -0.05) is 48.9 Å². The van der Waals surface area contributed by atoms with Crippen molar-refractivity contribution in [1.82, 2.24) is 10.2 Å². The standard InChI is InChI=1S/C24H30ClN3O3/c1-16(18-6-4-3-5-7-18)15-26-23(30)17(2)28-12-10-19(11-13-28)24(31)27-21-14-20(25)8-9-22(21)29/h3-9,14,16-17,19,29H,10-13,15H2,1-2H3,(H,26,30)(H,27,31). The van der Waals surface area contributed by atoms with Crippen molar-refractivity contribution < 1.29 is 14.7 Å². The number of halogens is 1. The van der Waals surface area contributed by atoms with Crippen molar-refractivity contribution in [3.05, 3.63) is 59.1 Å². The van der Waals surface area contributed by atoms with E-state index in [-0.39, 0.29) is 35.4 Å². The van der Waals surface area contributed by atoms with Crippen molar-refractivity contribution in [3.8, 4) is 5.75 Å². The van der Waals surface area contributed by atoms with Gasteiger partial charge in [-0.3, -0.25) is 14.5 Å². The predicted molar refractivity (Wildman–Crippen MR) is 123 cm³/mol. The minimum absolute atomic E-state index is 0.00883. The molecule has 2 amide bonds. The zero-order valence-electron chi connectivity index (χ0n) is 18.0. The quantitative estimate of drug-likeness (QED) is 0.565. The molecule has 0 aromatic heterocycles. The van der Waals surface area contributed by atoms with Crippen LogP contribution < -0.4 is 10.6 Å². The Kier molecular flexibility index (Phi) is 7.93. The van der Waals surface area contributed by atoms with Crippen molar-refractivity contribution in [2.45, 2.75) is 38.6 Å². The van der Waals surface area contributed by atoms with Crippen LogP contribution in [0.15, 0.2) is 48.5 Å². The summed E-state index contributed by atoms with van der Waals surface area (Å²) in [6.45, 7) is 5.94. The summed E-state index contributed by atoms with van der Waals surface area (Å²) in [6, 6.07) is 14.4. The smallest absolute Gasteiger partial charge is 0.237 e. The number of nitrogens with one attached hydrogen (secondary N) is 2. The van der Waals surface area contributed by atoms with Crippen molar-refractivity contribution in [3.63, 3.8) is 0 Å². The maximum Gasteiger partial charge on any atom is 0.237 e. The first-order valence-corrected chi connectivity index (χ1v) is 11.1. The molecule has 1 heterocycles. The number of hydrogen-bond donors (Lipinski definition) is 3. The van der Waals surface area contributed by atoms with Gasteiger partial charge in [0.25, 0.3) is 0 Å². The van der Waals surface area contributed by atoms with Gasteiger partial charge in [-0.25, -0.2) is 0 Å². The lowest BCUT2D eigenvalue weighted by Crippen LogP contribution is -2.49. The summed E-state index contributed by atoms with van der Waals surface area (Å²) >= 11 is 5.94. The lowest BCUT2D eigenvalue weighted by atomic mass is 9.94. The summed E-state index contributed by atoms with van der Waals surface area (Å²) in [4.78, 5) is 27.3. The second kappa shape index (κ2) is 10.6. The van der Waals surface area contributed by atoms with Crippen molar-refractivity contribution in [2.24, 2.45) is 5.92 Å². The monoisotopic (exact) mass is 443 g/mol. The minimum atomic E-state index is -0.246. The first-order valence-electron chi connectivity index (χ1n) is 10.7. The molecular weight excluding hydrogens is 414 g/mol. The fourth-order valence-electron chi connectivity index (χ4n) is 3.86. The van der Waals surface area contributed by atoms with E-state index in [1.807, 2.05) is 25.1 Å². The molecule has 2 aromatic rings. The number of nitrogens with zero attached hydrogens (tertiary/aromatic N) is 1. The number of phenols is 1. The van der Waals surface area contributed by atoms with Crippen LogP contribution >= 0.6 is 11.6 Å². The van der Waals surface area contributed by atoms with Crippen LogP contribution in [0.3, 0.4) is 0 Å². The molecule has 3 N–H and O–H groups in total. The third-order valence-electron chi connectivity index (χ3n) is 6.00. The van der Waals surface area contributed by atoms with E-state index in [4.69, 9.17) is 11.6 Å². The Labute approximate surface area is 188 Å². The molecule has 0 spiro atoms. The Morgan fingerprint density at radius 3 is 2.48 bits per heavy atom. The van der Waals surface area contributed by atoms with Gasteiger partial charge in [-0.05, 0) is 62.5 Å². The summed E-state index contributed by atoms with van der Waals surface area (Å²) in [5.74, 6) is -0.0524. The number of carbonyl (C=O) groups excluding carboxylic acids is 2. The number of hydrogen-bond acceptors (Lipinski definition) is 4. The highest BCUT2D eigenvalue weighted by molar-refractivity contribution is 6.31. The van der Waals surface area contributed by atoms with Crippen LogP contribution in [0.5, 0.6) is 5.75 Å². The zero-order valence-corrected chi connectivity index (χ0v) is 18.7. The van der Waals surface area contributed by atoms with Crippen LogP contribution in [-0.2, 0) is 9.59 Å². The Morgan fingerprint density at radius 2 is 1.81 bits per heavy atom. The van der Waals surface area contributed by atoms with Gasteiger partial charge in [0.1, 0.15) is 5.75 Å². The number of benzene rings is 2. The highest BCUT2D eigenvalue weighted by Gasteiger charge is 2.30. The average molecular weight is 444 g/mol. The predicted octanol–water partition coefficient (Wildman–Crippen LogP) is 4.00. The van der Waals surface area contributed by atoms with Gasteiger partial charge in [-0.15, -0.1) is 0 Å². The first kappa shape index (κ1) is 23.1. The van der Waals surface area contributed by atoms with Gasteiger partial charge in [0, 0.05) is 17.5 Å². The summed E-state index contributed by atoms with van der Waals surface area (Å²) in [7, 11) is 0. The molecule has 166 valence electrons. The highest BCUT2D eigenvalue weighted by atomic mass is 35.5. The molecule has 1 fully saturated rings. The second-order valence-corrected chi connectivity index (χ2v) is 8.63. The van der Waals surface area contributed by atoms with Gasteiger partial charge >= 0.3 is 0 Å². The van der Waals surface area contributed by atoms with Crippen LogP contribution in [0.4, 0.5) is 5.69 Å². The van der Waals surface area contributed by atoms with Gasteiger partial charge in [-0.2, -0.15) is 0 Å². The molecule has 2 unspecified atom stereocenters. The van der Waals surface area contributed by atoms with Crippen LogP contribution in [0.1, 0.15) is 38.2 Å². The molecular formula is C24H30ClN3O3. The minimum Gasteiger partial charge on any atom is -0.506 e. The number of phenolic OH excluding ortho intramolecular Hbond substituents is 1. The molecule has 0 aliphatic carbocycles. The number of anilines is 1. The molecule has 0 bridgehead atoms. The van der Waals surface area contributed by atoms with Crippen LogP contribution in [-0.4, -0.2) is 47.5 Å². The zero-order chi connectivity index (χ0) is 22.4. The Morgan fingerprint density at radius 1 is 1.13 bits per heavy atom. The van der Waals surface area contributed by atoms with E-state index in [2.05, 4.69) is 34.6 Å². The average Bonchev–Trinajstić information content (AvgIpc) is 2.79. The summed E-state index contributed by atoms with van der Waals surface area (Å²) in [6.07, 6.45) is 1.32. The number of likely N-dealkylation sites (tertiary alicyclic amines) is 1. The molecule has 2 atom stereocenters. The lowest BCUT2D eigenvalue weighted by molar-refractivity contribution is -0.127. The van der Waals surface area contributed by atoms with Crippen LogP contribution in [0.2, 0.25) is 5.02 Å². The van der Waals surface area contributed by atoms with Gasteiger partial charge < -0.3 is 15.7 Å². The number of amides is 2. The Bertz CT molecular complexity index is 898. The van der Waals surface area contributed by atoms with Crippen molar-refractivity contribution in [2.75, 3.05) is 25.0 Å². The van der Waals surface area contributed by atoms with Gasteiger partial charge in [0.2, 0.25) is 11.8 Å². The lowest BCUT2D eigenvalue weighted by Gasteiger charge is -2.35. The summed E-state index contributed by atoms with van der Waals surface area (Å²) in [5, 5.41) is 16.2. The van der Waals surface area contributed by atoms with E-state index < -0.39 is 0 Å². The van der Waals surface area contributed by atoms with Crippen molar-refractivity contribution >= 4 is 29.1 Å². The molecule has 1 saturated heterocycles. The topological polar surface area (TPSA) is 81.7 Å². The van der Waals surface area contributed by atoms with Crippen LogP contribution in [0.25, 0.3) is 0 Å². The molecule has 7 heteroatoms. The van der Waals surface area contributed by atoms with Crippen LogP contribution in [0, 0.1) is 5.92 Å². The SMILES string of the molecule is CC(CNC(=O)C(C)N1CCC(C(=O)Nc2cc(Cl)ccc2O)CC1)c1ccccc1. The number of rotatable bonds is 7. The third kappa shape index (κ3) is 6.21. The van der Waals surface area contributed by atoms with E-state index in [1.165, 1.54) is 17.7 Å². The molecule has 3 rings (SSSR count). The molecule has 1 aliphatic rings. The van der Waals surface area contributed by atoms with E-state index in [1.54, 1.807) is 6.07 Å². The fourth-order valence-corrected chi connectivity index (χ4v) is 4.03.